The van der Waals surface area contributed by atoms with E-state index in [1.54, 1.807) is 18.0 Å². The van der Waals surface area contributed by atoms with Crippen molar-refractivity contribution in [2.45, 2.75) is 13.0 Å². The minimum atomic E-state index is -0.162. The first-order chi connectivity index (χ1) is 4.22. The van der Waals surface area contributed by atoms with Crippen LogP contribution >= 0.6 is 0 Å². The molecule has 50 valence electrons. The summed E-state index contributed by atoms with van der Waals surface area (Å²) in [5.41, 5.74) is 0. The molecular formula is C7H10FN. The van der Waals surface area contributed by atoms with Crippen molar-refractivity contribution in [2.24, 2.45) is 0 Å². The van der Waals surface area contributed by atoms with Crippen LogP contribution in [0.15, 0.2) is 24.2 Å². The van der Waals surface area contributed by atoms with Crippen molar-refractivity contribution >= 4 is 0 Å². The fourth-order valence-corrected chi connectivity index (χ4v) is 0.737. The van der Waals surface area contributed by atoms with E-state index in [1.165, 1.54) is 6.08 Å². The van der Waals surface area contributed by atoms with Gasteiger partial charge >= 0.3 is 0 Å². The van der Waals surface area contributed by atoms with E-state index in [0.29, 0.717) is 0 Å². The molecule has 0 saturated heterocycles. The molecule has 0 fully saturated rings. The fourth-order valence-electron chi connectivity index (χ4n) is 0.737. The molecule has 0 bridgehead atoms. The summed E-state index contributed by atoms with van der Waals surface area (Å²) < 4.78 is 12.6. The van der Waals surface area contributed by atoms with Crippen LogP contribution in [0.5, 0.6) is 0 Å². The molecule has 1 heterocycles. The van der Waals surface area contributed by atoms with Crippen molar-refractivity contribution in [3.63, 3.8) is 0 Å². The Hall–Kier alpha value is -0.790. The molecule has 1 aliphatic heterocycles. The molecule has 1 atom stereocenters. The molecule has 1 nitrogen and oxygen atoms in total. The Labute approximate surface area is 54.5 Å². The Bertz CT molecular complexity index is 160. The second kappa shape index (κ2) is 2.21. The molecule has 0 spiro atoms. The lowest BCUT2D eigenvalue weighted by atomic mass is 10.2. The van der Waals surface area contributed by atoms with Crippen LogP contribution in [0.25, 0.3) is 0 Å². The summed E-state index contributed by atoms with van der Waals surface area (Å²) in [7, 11) is 1.74. The molecule has 0 aromatic rings. The maximum Gasteiger partial charge on any atom is 0.189 e. The van der Waals surface area contributed by atoms with Crippen LogP contribution in [0.1, 0.15) is 6.92 Å². The molecule has 1 unspecified atom stereocenters. The maximum absolute atomic E-state index is 12.6. The predicted octanol–water partition coefficient (Wildman–Crippen LogP) is 1.69. The summed E-state index contributed by atoms with van der Waals surface area (Å²) in [4.78, 5) is 1.58. The van der Waals surface area contributed by atoms with Crippen LogP contribution in [0, 0.1) is 0 Å². The minimum Gasteiger partial charge on any atom is -0.345 e. The number of rotatable bonds is 0. The second-order valence-corrected chi connectivity index (χ2v) is 2.23. The van der Waals surface area contributed by atoms with Crippen LogP contribution < -0.4 is 0 Å². The van der Waals surface area contributed by atoms with Crippen LogP contribution in [0.4, 0.5) is 4.39 Å². The molecule has 0 aromatic heterocycles. The summed E-state index contributed by atoms with van der Waals surface area (Å²) >= 11 is 0. The highest BCUT2D eigenvalue weighted by Gasteiger charge is 2.10. The lowest BCUT2D eigenvalue weighted by Gasteiger charge is -2.24. The highest BCUT2D eigenvalue weighted by atomic mass is 19.1. The molecular weight excluding hydrogens is 117 g/mol. The Morgan fingerprint density at radius 3 is 2.78 bits per heavy atom. The van der Waals surface area contributed by atoms with Gasteiger partial charge in [-0.2, -0.15) is 4.39 Å². The number of halogens is 1. The van der Waals surface area contributed by atoms with Gasteiger partial charge in [-0.1, -0.05) is 12.2 Å². The van der Waals surface area contributed by atoms with Crippen molar-refractivity contribution in [3.05, 3.63) is 24.2 Å². The van der Waals surface area contributed by atoms with Crippen LogP contribution in [-0.2, 0) is 0 Å². The molecule has 0 radical (unpaired) electrons. The Morgan fingerprint density at radius 2 is 2.33 bits per heavy atom. The summed E-state index contributed by atoms with van der Waals surface area (Å²) in [5, 5.41) is 0. The molecule has 0 amide bonds. The third-order valence-corrected chi connectivity index (χ3v) is 1.57. The van der Waals surface area contributed by atoms with Gasteiger partial charge in [-0.15, -0.1) is 0 Å². The molecule has 0 aliphatic carbocycles. The number of allylic oxidation sites excluding steroid dienone is 2. The summed E-state index contributed by atoms with van der Waals surface area (Å²) in [5.74, 6) is -0.162. The number of likely N-dealkylation sites (N-methyl/N-ethyl adjacent to an activating group) is 1. The van der Waals surface area contributed by atoms with Gasteiger partial charge in [-0.25, -0.2) is 0 Å². The molecule has 2 heteroatoms. The average Bonchev–Trinajstić information content (AvgIpc) is 1.83. The first kappa shape index (κ1) is 6.33. The van der Waals surface area contributed by atoms with Crippen LogP contribution in [0.2, 0.25) is 0 Å². The average molecular weight is 127 g/mol. The van der Waals surface area contributed by atoms with Crippen molar-refractivity contribution in [3.8, 4) is 0 Å². The number of hydrogen-bond donors (Lipinski definition) is 0. The van der Waals surface area contributed by atoms with Gasteiger partial charge in [0.25, 0.3) is 0 Å². The van der Waals surface area contributed by atoms with E-state index in [2.05, 4.69) is 0 Å². The maximum atomic E-state index is 12.6. The van der Waals surface area contributed by atoms with Gasteiger partial charge < -0.3 is 4.90 Å². The van der Waals surface area contributed by atoms with E-state index < -0.39 is 0 Å². The highest BCUT2D eigenvalue weighted by Crippen LogP contribution is 2.13. The van der Waals surface area contributed by atoms with E-state index in [1.807, 2.05) is 13.0 Å². The van der Waals surface area contributed by atoms with E-state index in [-0.39, 0.29) is 12.0 Å². The lowest BCUT2D eigenvalue weighted by Crippen LogP contribution is -2.26. The summed E-state index contributed by atoms with van der Waals surface area (Å²) in [6.07, 6.45) is 5.14. The topological polar surface area (TPSA) is 3.24 Å². The molecule has 0 N–H and O–H groups in total. The zero-order valence-electron chi connectivity index (χ0n) is 5.63. The number of hydrogen-bond acceptors (Lipinski definition) is 1. The zero-order chi connectivity index (χ0) is 6.85. The predicted molar refractivity (Wildman–Crippen MR) is 35.6 cm³/mol. The smallest absolute Gasteiger partial charge is 0.189 e. The normalized spacial score (nSPS) is 26.3. The summed E-state index contributed by atoms with van der Waals surface area (Å²) in [6, 6.07) is 0.190. The van der Waals surface area contributed by atoms with Gasteiger partial charge in [-0.3, -0.25) is 0 Å². The van der Waals surface area contributed by atoms with Crippen LogP contribution in [0.3, 0.4) is 0 Å². The van der Waals surface area contributed by atoms with E-state index in [4.69, 9.17) is 0 Å². The lowest BCUT2D eigenvalue weighted by molar-refractivity contribution is 0.284. The van der Waals surface area contributed by atoms with E-state index >= 15 is 0 Å². The molecule has 0 saturated carbocycles. The quantitative estimate of drug-likeness (QED) is 0.447. The van der Waals surface area contributed by atoms with Gasteiger partial charge in [0.2, 0.25) is 0 Å². The Morgan fingerprint density at radius 1 is 1.67 bits per heavy atom. The summed E-state index contributed by atoms with van der Waals surface area (Å²) in [6.45, 7) is 1.95. The standard InChI is InChI=1S/C7H10FN/c1-6-4-3-5-7(8)9(6)2/h3-6H,1-2H3. The van der Waals surface area contributed by atoms with Crippen molar-refractivity contribution in [1.29, 1.82) is 0 Å². The van der Waals surface area contributed by atoms with Crippen molar-refractivity contribution in [2.75, 3.05) is 7.05 Å². The first-order valence-electron chi connectivity index (χ1n) is 2.98. The van der Waals surface area contributed by atoms with Crippen molar-refractivity contribution < 1.29 is 4.39 Å². The highest BCUT2D eigenvalue weighted by molar-refractivity contribution is 5.15. The Balaban J connectivity index is 2.73. The van der Waals surface area contributed by atoms with Gasteiger partial charge in [0.15, 0.2) is 5.95 Å². The van der Waals surface area contributed by atoms with Gasteiger partial charge in [-0.05, 0) is 13.0 Å². The molecule has 1 rings (SSSR count). The van der Waals surface area contributed by atoms with Gasteiger partial charge in [0, 0.05) is 13.1 Å². The van der Waals surface area contributed by atoms with Gasteiger partial charge in [0.1, 0.15) is 0 Å². The SMILES string of the molecule is CC1C=CC=C(F)N1C. The van der Waals surface area contributed by atoms with E-state index in [9.17, 15) is 4.39 Å². The molecule has 0 aromatic carbocycles. The first-order valence-corrected chi connectivity index (χ1v) is 2.98. The third-order valence-electron chi connectivity index (χ3n) is 1.57. The number of nitrogens with zero attached hydrogens (tertiary/aromatic N) is 1. The third kappa shape index (κ3) is 1.12. The fraction of sp³-hybridized carbons (Fsp3) is 0.429. The molecule has 9 heavy (non-hydrogen) atoms. The molecule has 1 aliphatic rings. The second-order valence-electron chi connectivity index (χ2n) is 2.23. The monoisotopic (exact) mass is 127 g/mol. The van der Waals surface area contributed by atoms with Crippen molar-refractivity contribution in [1.82, 2.24) is 4.90 Å². The van der Waals surface area contributed by atoms with Gasteiger partial charge in [0.05, 0.1) is 0 Å². The van der Waals surface area contributed by atoms with Crippen LogP contribution in [-0.4, -0.2) is 18.0 Å². The van der Waals surface area contributed by atoms with E-state index in [0.717, 1.165) is 0 Å². The minimum absolute atomic E-state index is 0.162. The largest absolute Gasteiger partial charge is 0.345 e. The zero-order valence-corrected chi connectivity index (χ0v) is 5.63. The Kier molecular flexibility index (Phi) is 1.56.